The zero-order chi connectivity index (χ0) is 18.3. The third-order valence-electron chi connectivity index (χ3n) is 2.36. The first kappa shape index (κ1) is 21.4. The molecule has 1 unspecified atom stereocenters. The van der Waals surface area contributed by atoms with Gasteiger partial charge < -0.3 is 14.8 Å². The highest BCUT2D eigenvalue weighted by Gasteiger charge is 2.25. The summed E-state index contributed by atoms with van der Waals surface area (Å²) in [4.78, 5) is 35.4. The van der Waals surface area contributed by atoms with Gasteiger partial charge in [-0.3, -0.25) is 9.00 Å². The van der Waals surface area contributed by atoms with E-state index in [0.29, 0.717) is 0 Å². The van der Waals surface area contributed by atoms with Crippen molar-refractivity contribution in [1.82, 2.24) is 5.32 Å². The molecule has 0 aliphatic carbocycles. The molecule has 8 heteroatoms. The van der Waals surface area contributed by atoms with E-state index in [4.69, 9.17) is 9.47 Å². The SMILES string of the molecule is CCOC(=O)C(CCC(=O)C=S(C)(C)=O)NC(=O)OC(C)(C)C. The number of ketones is 1. The first-order chi connectivity index (χ1) is 10.3. The Balaban J connectivity index is 4.83. The first-order valence-corrected chi connectivity index (χ1v) is 9.75. The standard InChI is InChI=1S/C15H27NO6S/c1-7-21-13(18)12(16-14(19)22-15(2,3)4)9-8-11(17)10-23(5,6)20/h10,12H,7-9H2,1-6H3,(H,16,19). The molecule has 0 aromatic heterocycles. The molecule has 0 spiro atoms. The Morgan fingerprint density at radius 3 is 2.22 bits per heavy atom. The second-order valence-corrected chi connectivity index (χ2v) is 9.24. The predicted octanol–water partition coefficient (Wildman–Crippen LogP) is 1.14. The molecular formula is C15H27NO6S. The zero-order valence-corrected chi connectivity index (χ0v) is 15.5. The van der Waals surface area contributed by atoms with Gasteiger partial charge in [0, 0.05) is 24.3 Å². The number of alkyl carbamates (subject to hydrolysis) is 1. The molecular weight excluding hydrogens is 322 g/mol. The fourth-order valence-electron chi connectivity index (χ4n) is 1.60. The molecule has 1 N–H and O–H groups in total. The van der Waals surface area contributed by atoms with Crippen LogP contribution in [-0.2, 0) is 28.6 Å². The average Bonchev–Trinajstić information content (AvgIpc) is 2.30. The van der Waals surface area contributed by atoms with Gasteiger partial charge in [-0.05, 0) is 43.6 Å². The number of esters is 1. The minimum atomic E-state index is -2.30. The van der Waals surface area contributed by atoms with Crippen molar-refractivity contribution in [3.63, 3.8) is 0 Å². The van der Waals surface area contributed by atoms with Crippen molar-refractivity contribution >= 4 is 32.7 Å². The van der Waals surface area contributed by atoms with E-state index in [2.05, 4.69) is 5.32 Å². The molecule has 23 heavy (non-hydrogen) atoms. The fraction of sp³-hybridized carbons (Fsp3) is 0.733. The molecule has 134 valence electrons. The Bertz CT molecular complexity index is 547. The molecule has 0 aromatic rings. The van der Waals surface area contributed by atoms with E-state index in [9.17, 15) is 18.6 Å². The van der Waals surface area contributed by atoms with Crippen molar-refractivity contribution in [2.75, 3.05) is 19.1 Å². The van der Waals surface area contributed by atoms with Crippen molar-refractivity contribution in [1.29, 1.82) is 0 Å². The lowest BCUT2D eigenvalue weighted by Gasteiger charge is -2.22. The summed E-state index contributed by atoms with van der Waals surface area (Å²) >= 11 is 0. The second-order valence-electron chi connectivity index (χ2n) is 6.38. The quantitative estimate of drug-likeness (QED) is 0.546. The monoisotopic (exact) mass is 349 g/mol. The molecule has 0 aliphatic heterocycles. The predicted molar refractivity (Wildman–Crippen MR) is 90.1 cm³/mol. The first-order valence-electron chi connectivity index (χ1n) is 7.32. The Hall–Kier alpha value is -1.57. The van der Waals surface area contributed by atoms with Gasteiger partial charge in [-0.25, -0.2) is 9.59 Å². The maximum atomic E-state index is 11.9. The molecule has 1 amide bonds. The molecule has 0 fully saturated rings. The average molecular weight is 349 g/mol. The van der Waals surface area contributed by atoms with Crippen LogP contribution in [0.5, 0.6) is 0 Å². The molecule has 0 saturated carbocycles. The van der Waals surface area contributed by atoms with E-state index in [0.717, 1.165) is 5.37 Å². The van der Waals surface area contributed by atoms with E-state index >= 15 is 0 Å². The fourth-order valence-corrected chi connectivity index (χ4v) is 2.35. The van der Waals surface area contributed by atoms with E-state index in [-0.39, 0.29) is 25.2 Å². The van der Waals surface area contributed by atoms with Gasteiger partial charge in [0.05, 0.1) is 6.61 Å². The number of Topliss-reactive ketones (excluding diaryl/α,β-unsaturated/α-hetero) is 1. The number of hydrogen-bond donors (Lipinski definition) is 1. The Labute approximate surface area is 138 Å². The third-order valence-corrected chi connectivity index (χ3v) is 3.19. The van der Waals surface area contributed by atoms with Gasteiger partial charge in [0.25, 0.3) is 0 Å². The van der Waals surface area contributed by atoms with Crippen molar-refractivity contribution < 1.29 is 28.1 Å². The van der Waals surface area contributed by atoms with Gasteiger partial charge in [0.1, 0.15) is 11.6 Å². The summed E-state index contributed by atoms with van der Waals surface area (Å²) in [5.41, 5.74) is -0.706. The molecule has 1 atom stereocenters. The largest absolute Gasteiger partial charge is 0.464 e. The number of rotatable bonds is 7. The van der Waals surface area contributed by atoms with E-state index in [1.807, 2.05) is 0 Å². The van der Waals surface area contributed by atoms with Crippen LogP contribution in [0.15, 0.2) is 0 Å². The van der Waals surface area contributed by atoms with Crippen LogP contribution in [0.4, 0.5) is 4.79 Å². The van der Waals surface area contributed by atoms with Crippen LogP contribution in [0.2, 0.25) is 0 Å². The number of nitrogens with one attached hydrogen (secondary N) is 1. The summed E-state index contributed by atoms with van der Waals surface area (Å²) in [5, 5.41) is 3.54. The van der Waals surface area contributed by atoms with Gasteiger partial charge in [-0.1, -0.05) is 0 Å². The molecule has 0 aliphatic rings. The number of amides is 1. The van der Waals surface area contributed by atoms with Crippen LogP contribution in [0.3, 0.4) is 0 Å². The Morgan fingerprint density at radius 2 is 1.78 bits per heavy atom. The molecule has 7 nitrogen and oxygen atoms in total. The molecule has 0 heterocycles. The lowest BCUT2D eigenvalue weighted by molar-refractivity contribution is -0.145. The van der Waals surface area contributed by atoms with Crippen molar-refractivity contribution in [3.05, 3.63) is 0 Å². The summed E-state index contributed by atoms with van der Waals surface area (Å²) in [6.07, 6.45) is 2.15. The Kier molecular flexibility index (Phi) is 8.30. The Morgan fingerprint density at radius 1 is 1.22 bits per heavy atom. The highest BCUT2D eigenvalue weighted by Crippen LogP contribution is 2.08. The van der Waals surface area contributed by atoms with E-state index < -0.39 is 33.2 Å². The lowest BCUT2D eigenvalue weighted by atomic mass is 10.1. The van der Waals surface area contributed by atoms with Crippen LogP contribution in [0, 0.1) is 0 Å². The lowest BCUT2D eigenvalue weighted by Crippen LogP contribution is -2.44. The number of ether oxygens (including phenoxy) is 2. The minimum Gasteiger partial charge on any atom is -0.464 e. The number of hydrogen-bond acceptors (Lipinski definition) is 6. The topological polar surface area (TPSA) is 98.8 Å². The molecule has 0 rings (SSSR count). The van der Waals surface area contributed by atoms with E-state index in [1.165, 1.54) is 12.5 Å². The van der Waals surface area contributed by atoms with Crippen molar-refractivity contribution in [2.24, 2.45) is 0 Å². The smallest absolute Gasteiger partial charge is 0.408 e. The third kappa shape index (κ3) is 11.6. The van der Waals surface area contributed by atoms with Crippen molar-refractivity contribution in [3.8, 4) is 0 Å². The van der Waals surface area contributed by atoms with Gasteiger partial charge in [-0.2, -0.15) is 0 Å². The molecule has 0 bridgehead atoms. The van der Waals surface area contributed by atoms with Gasteiger partial charge in [0.15, 0.2) is 5.78 Å². The van der Waals surface area contributed by atoms with Crippen LogP contribution in [0.25, 0.3) is 0 Å². The summed E-state index contributed by atoms with van der Waals surface area (Å²) in [5.74, 6) is -0.986. The molecule has 0 aromatic carbocycles. The normalized spacial score (nSPS) is 13.0. The van der Waals surface area contributed by atoms with E-state index in [1.54, 1.807) is 27.7 Å². The molecule has 0 saturated heterocycles. The van der Waals surface area contributed by atoms with Crippen LogP contribution in [0.1, 0.15) is 40.5 Å². The highest BCUT2D eigenvalue weighted by atomic mass is 32.2. The highest BCUT2D eigenvalue weighted by molar-refractivity contribution is 8.01. The summed E-state index contributed by atoms with van der Waals surface area (Å²) in [6.45, 7) is 6.89. The summed E-state index contributed by atoms with van der Waals surface area (Å²) in [6, 6.07) is -0.994. The van der Waals surface area contributed by atoms with Gasteiger partial charge in [0.2, 0.25) is 0 Å². The van der Waals surface area contributed by atoms with Gasteiger partial charge in [-0.15, -0.1) is 0 Å². The summed E-state index contributed by atoms with van der Waals surface area (Å²) < 4.78 is 21.5. The van der Waals surface area contributed by atoms with Crippen LogP contribution < -0.4 is 5.32 Å². The van der Waals surface area contributed by atoms with Crippen molar-refractivity contribution in [2.45, 2.75) is 52.2 Å². The maximum Gasteiger partial charge on any atom is 0.408 e. The van der Waals surface area contributed by atoms with Crippen LogP contribution in [-0.4, -0.2) is 58.2 Å². The minimum absolute atomic E-state index is 0.0298. The van der Waals surface area contributed by atoms with Gasteiger partial charge >= 0.3 is 12.1 Å². The second kappa shape index (κ2) is 8.90. The maximum absolute atomic E-state index is 11.9. The molecule has 0 radical (unpaired) electrons. The van der Waals surface area contributed by atoms with Crippen LogP contribution >= 0.6 is 0 Å². The number of carbonyl (C=O) groups is 3. The summed E-state index contributed by atoms with van der Waals surface area (Å²) in [7, 11) is -2.30. The number of carbonyl (C=O) groups excluding carboxylic acids is 3. The zero-order valence-electron chi connectivity index (χ0n) is 14.6.